The predicted molar refractivity (Wildman–Crippen MR) is 122 cm³/mol. The van der Waals surface area contributed by atoms with Crippen molar-refractivity contribution in [3.8, 4) is 0 Å². The largest absolute Gasteiger partial charge is 0.377 e. The summed E-state index contributed by atoms with van der Waals surface area (Å²) in [7, 11) is -3.74. The number of ether oxygens (including phenoxy) is 1. The molecule has 31 heavy (non-hydrogen) atoms. The Balaban J connectivity index is 1.46. The quantitative estimate of drug-likeness (QED) is 0.616. The topological polar surface area (TPSA) is 96.9 Å². The van der Waals surface area contributed by atoms with Crippen LogP contribution in [0.2, 0.25) is 0 Å². The highest BCUT2D eigenvalue weighted by Crippen LogP contribution is 2.27. The minimum absolute atomic E-state index is 0.0842. The standard InChI is InChI=1S/C22H25N3O4S2/c26-22(19-9-1-2-10-20(19)30-15-17-7-5-13-29-17)24-16-6-3-8-18(14-16)31(27,28)25-21-11-4-12-23-21/h1-3,6,8-10,14,17H,4-5,7,11-13,15H2,(H,23,25)(H,24,26). The summed E-state index contributed by atoms with van der Waals surface area (Å²) in [5, 5.41) is 2.83. The average molecular weight is 460 g/mol. The van der Waals surface area contributed by atoms with Gasteiger partial charge in [0.25, 0.3) is 15.9 Å². The van der Waals surface area contributed by atoms with Gasteiger partial charge in [-0.3, -0.25) is 14.5 Å². The molecule has 1 saturated heterocycles. The Bertz CT molecular complexity index is 1080. The number of nitrogens with one attached hydrogen (secondary N) is 2. The van der Waals surface area contributed by atoms with E-state index in [1.807, 2.05) is 18.2 Å². The lowest BCUT2D eigenvalue weighted by molar-refractivity contribution is 0.102. The number of benzene rings is 2. The molecule has 2 heterocycles. The molecule has 0 aromatic heterocycles. The van der Waals surface area contributed by atoms with Gasteiger partial charge in [0.15, 0.2) is 0 Å². The summed E-state index contributed by atoms with van der Waals surface area (Å²) in [4.78, 5) is 18.0. The lowest BCUT2D eigenvalue weighted by atomic mass is 10.2. The maximum Gasteiger partial charge on any atom is 0.262 e. The predicted octanol–water partition coefficient (Wildman–Crippen LogP) is 3.68. The van der Waals surface area contributed by atoms with Crippen molar-refractivity contribution in [1.29, 1.82) is 0 Å². The van der Waals surface area contributed by atoms with E-state index in [-0.39, 0.29) is 16.9 Å². The van der Waals surface area contributed by atoms with Gasteiger partial charge >= 0.3 is 0 Å². The molecule has 1 fully saturated rings. The Morgan fingerprint density at radius 1 is 1.16 bits per heavy atom. The summed E-state index contributed by atoms with van der Waals surface area (Å²) in [6.45, 7) is 1.44. The molecule has 164 valence electrons. The maximum absolute atomic E-state index is 12.9. The highest BCUT2D eigenvalue weighted by atomic mass is 32.2. The van der Waals surface area contributed by atoms with E-state index in [0.717, 1.165) is 36.5 Å². The monoisotopic (exact) mass is 459 g/mol. The Kier molecular flexibility index (Phi) is 6.94. The molecule has 2 aromatic rings. The van der Waals surface area contributed by atoms with E-state index in [9.17, 15) is 13.2 Å². The molecule has 0 saturated carbocycles. The molecule has 0 spiro atoms. The lowest BCUT2D eigenvalue weighted by Crippen LogP contribution is -2.29. The Hall–Kier alpha value is -2.36. The van der Waals surface area contributed by atoms with Crippen molar-refractivity contribution in [2.24, 2.45) is 4.99 Å². The summed E-state index contributed by atoms with van der Waals surface area (Å²) in [6, 6.07) is 13.6. The van der Waals surface area contributed by atoms with Crippen LogP contribution in [0.5, 0.6) is 0 Å². The number of hydrogen-bond acceptors (Lipinski definition) is 6. The number of nitrogens with zero attached hydrogens (tertiary/aromatic N) is 1. The molecule has 0 aliphatic carbocycles. The van der Waals surface area contributed by atoms with Gasteiger partial charge in [0.2, 0.25) is 0 Å². The second-order valence-corrected chi connectivity index (χ2v) is 10.2. The normalized spacial score (nSPS) is 18.6. The van der Waals surface area contributed by atoms with Crippen LogP contribution in [0.3, 0.4) is 0 Å². The first-order valence-electron chi connectivity index (χ1n) is 10.3. The van der Waals surface area contributed by atoms with E-state index in [0.29, 0.717) is 30.1 Å². The number of amidine groups is 1. The first kappa shape index (κ1) is 21.9. The third-order valence-electron chi connectivity index (χ3n) is 5.11. The van der Waals surface area contributed by atoms with E-state index < -0.39 is 10.0 Å². The zero-order chi connectivity index (χ0) is 21.7. The molecule has 7 nitrogen and oxygen atoms in total. The van der Waals surface area contributed by atoms with E-state index in [2.05, 4.69) is 15.0 Å². The van der Waals surface area contributed by atoms with Crippen LogP contribution >= 0.6 is 11.8 Å². The van der Waals surface area contributed by atoms with Crippen molar-refractivity contribution in [2.45, 2.75) is 41.6 Å². The number of hydrogen-bond donors (Lipinski definition) is 2. The fourth-order valence-corrected chi connectivity index (χ4v) is 5.77. The molecule has 4 rings (SSSR count). The van der Waals surface area contributed by atoms with Gasteiger partial charge in [0, 0.05) is 35.9 Å². The molecular weight excluding hydrogens is 434 g/mol. The Morgan fingerprint density at radius 3 is 2.81 bits per heavy atom. The van der Waals surface area contributed by atoms with Crippen LogP contribution in [-0.2, 0) is 14.8 Å². The number of amides is 1. The summed E-state index contributed by atoms with van der Waals surface area (Å²) in [6.07, 6.45) is 3.81. The second kappa shape index (κ2) is 9.84. The van der Waals surface area contributed by atoms with Crippen LogP contribution in [0.4, 0.5) is 5.69 Å². The van der Waals surface area contributed by atoms with Gasteiger partial charge in [-0.05, 0) is 49.6 Å². The SMILES string of the molecule is O=C(Nc1cccc(S(=O)(=O)NC2=NCCC2)c1)c1ccccc1SCC1CCCO1. The summed E-state index contributed by atoms with van der Waals surface area (Å²) in [5.41, 5.74) is 0.970. The van der Waals surface area contributed by atoms with Crippen LogP contribution in [0.1, 0.15) is 36.0 Å². The number of rotatable bonds is 7. The molecule has 2 N–H and O–H groups in total. The van der Waals surface area contributed by atoms with Crippen LogP contribution in [-0.4, -0.2) is 45.2 Å². The number of anilines is 1. The first-order chi connectivity index (χ1) is 15.0. The number of sulfonamides is 1. The van der Waals surface area contributed by atoms with Gasteiger partial charge in [-0.15, -0.1) is 11.8 Å². The van der Waals surface area contributed by atoms with E-state index >= 15 is 0 Å². The highest BCUT2D eigenvalue weighted by molar-refractivity contribution is 7.99. The van der Waals surface area contributed by atoms with E-state index in [1.54, 1.807) is 30.0 Å². The van der Waals surface area contributed by atoms with Crippen LogP contribution in [0.25, 0.3) is 0 Å². The third kappa shape index (κ3) is 5.66. The maximum atomic E-state index is 12.9. The third-order valence-corrected chi connectivity index (χ3v) is 7.69. The van der Waals surface area contributed by atoms with Crippen molar-refractivity contribution in [3.63, 3.8) is 0 Å². The number of thioether (sulfide) groups is 1. The molecule has 1 amide bonds. The fraction of sp³-hybridized carbons (Fsp3) is 0.364. The molecule has 2 aliphatic rings. The summed E-state index contributed by atoms with van der Waals surface area (Å²) >= 11 is 1.60. The zero-order valence-electron chi connectivity index (χ0n) is 17.0. The van der Waals surface area contributed by atoms with Crippen molar-refractivity contribution in [1.82, 2.24) is 4.72 Å². The number of carbonyl (C=O) groups excluding carboxylic acids is 1. The van der Waals surface area contributed by atoms with Gasteiger partial charge in [-0.2, -0.15) is 0 Å². The Labute approximate surface area is 186 Å². The van der Waals surface area contributed by atoms with Gasteiger partial charge in [-0.25, -0.2) is 8.42 Å². The fourth-order valence-electron chi connectivity index (χ4n) is 3.51. The van der Waals surface area contributed by atoms with Crippen molar-refractivity contribution < 1.29 is 17.9 Å². The highest BCUT2D eigenvalue weighted by Gasteiger charge is 2.20. The minimum Gasteiger partial charge on any atom is -0.377 e. The van der Waals surface area contributed by atoms with Crippen molar-refractivity contribution in [2.75, 3.05) is 24.2 Å². The Morgan fingerprint density at radius 2 is 2.03 bits per heavy atom. The van der Waals surface area contributed by atoms with Gasteiger partial charge in [-0.1, -0.05) is 18.2 Å². The molecule has 2 aliphatic heterocycles. The van der Waals surface area contributed by atoms with Crippen LogP contribution in [0.15, 0.2) is 63.3 Å². The molecular formula is C22H25N3O4S2. The summed E-state index contributed by atoms with van der Waals surface area (Å²) in [5.74, 6) is 0.998. The van der Waals surface area contributed by atoms with Gasteiger partial charge in [0.1, 0.15) is 5.84 Å². The lowest BCUT2D eigenvalue weighted by Gasteiger charge is -2.13. The van der Waals surface area contributed by atoms with Crippen LogP contribution < -0.4 is 10.0 Å². The number of carbonyl (C=O) groups is 1. The second-order valence-electron chi connectivity index (χ2n) is 7.46. The molecule has 1 unspecified atom stereocenters. The first-order valence-corrected chi connectivity index (χ1v) is 12.8. The molecule has 2 aromatic carbocycles. The van der Waals surface area contributed by atoms with Crippen molar-refractivity contribution >= 4 is 39.2 Å². The molecule has 9 heteroatoms. The zero-order valence-corrected chi connectivity index (χ0v) is 18.7. The van der Waals surface area contributed by atoms with E-state index in [4.69, 9.17) is 4.74 Å². The number of aliphatic imine (C=N–C) groups is 1. The van der Waals surface area contributed by atoms with Gasteiger partial charge in [0.05, 0.1) is 16.6 Å². The van der Waals surface area contributed by atoms with Crippen LogP contribution in [0, 0.1) is 0 Å². The summed E-state index contributed by atoms with van der Waals surface area (Å²) < 4.78 is 33.5. The van der Waals surface area contributed by atoms with Crippen molar-refractivity contribution in [3.05, 3.63) is 54.1 Å². The minimum atomic E-state index is -3.74. The molecule has 1 atom stereocenters. The van der Waals surface area contributed by atoms with E-state index in [1.165, 1.54) is 12.1 Å². The molecule has 0 radical (unpaired) electrons. The smallest absolute Gasteiger partial charge is 0.262 e. The average Bonchev–Trinajstić information content (AvgIpc) is 3.46. The van der Waals surface area contributed by atoms with Gasteiger partial charge < -0.3 is 10.1 Å². The molecule has 0 bridgehead atoms.